The van der Waals surface area contributed by atoms with E-state index in [0.717, 1.165) is 22.6 Å². The zero-order valence-corrected chi connectivity index (χ0v) is 14.0. The maximum Gasteiger partial charge on any atom is 0.124 e. The predicted octanol–water partition coefficient (Wildman–Crippen LogP) is 4.47. The van der Waals surface area contributed by atoms with Gasteiger partial charge in [0.2, 0.25) is 0 Å². The van der Waals surface area contributed by atoms with Crippen LogP contribution in [-0.4, -0.2) is 12.9 Å². The van der Waals surface area contributed by atoms with Crippen LogP contribution in [0.5, 0.6) is 5.75 Å². The van der Waals surface area contributed by atoms with Gasteiger partial charge in [0.1, 0.15) is 5.75 Å². The zero-order valence-electron chi connectivity index (χ0n) is 13.1. The second-order valence-corrected chi connectivity index (χ2v) is 6.51. The first-order chi connectivity index (χ1) is 10.1. The smallest absolute Gasteiger partial charge is 0.124 e. The molecule has 2 nitrogen and oxygen atoms in total. The molecule has 21 heavy (non-hydrogen) atoms. The van der Waals surface area contributed by atoms with Gasteiger partial charge in [-0.1, -0.05) is 25.1 Å². The van der Waals surface area contributed by atoms with E-state index < -0.39 is 0 Å². The lowest BCUT2D eigenvalue weighted by Crippen LogP contribution is -2.14. The Morgan fingerprint density at radius 3 is 2.38 bits per heavy atom. The number of thioether (sulfide) groups is 1. The van der Waals surface area contributed by atoms with E-state index in [9.17, 15) is 0 Å². The van der Waals surface area contributed by atoms with Crippen LogP contribution >= 0.6 is 11.8 Å². The molecule has 112 valence electrons. The van der Waals surface area contributed by atoms with Crippen molar-refractivity contribution in [2.24, 2.45) is 5.73 Å². The molecule has 0 saturated heterocycles. The summed E-state index contributed by atoms with van der Waals surface area (Å²) in [5.74, 6) is 1.95. The predicted molar refractivity (Wildman–Crippen MR) is 91.3 cm³/mol. The van der Waals surface area contributed by atoms with Gasteiger partial charge in [-0.3, -0.25) is 0 Å². The van der Waals surface area contributed by atoms with Gasteiger partial charge < -0.3 is 10.5 Å². The average Bonchev–Trinajstić information content (AvgIpc) is 2.47. The molecule has 0 saturated carbocycles. The molecular formula is C18H23NOS. The van der Waals surface area contributed by atoms with Crippen LogP contribution in [0.3, 0.4) is 0 Å². The molecule has 0 radical (unpaired) electrons. The molecule has 2 aromatic carbocycles. The van der Waals surface area contributed by atoms with Crippen LogP contribution < -0.4 is 10.5 Å². The molecule has 2 N–H and O–H groups in total. The lowest BCUT2D eigenvalue weighted by molar-refractivity contribution is 0.407. The van der Waals surface area contributed by atoms with E-state index in [1.165, 1.54) is 16.0 Å². The Morgan fingerprint density at radius 1 is 1.14 bits per heavy atom. The summed E-state index contributed by atoms with van der Waals surface area (Å²) in [7, 11) is 1.70. The van der Waals surface area contributed by atoms with Gasteiger partial charge in [-0.15, -0.1) is 11.8 Å². The third-order valence-electron chi connectivity index (χ3n) is 3.57. The van der Waals surface area contributed by atoms with E-state index >= 15 is 0 Å². The van der Waals surface area contributed by atoms with Crippen LogP contribution in [0.15, 0.2) is 41.3 Å². The summed E-state index contributed by atoms with van der Waals surface area (Å²) in [6, 6.07) is 12.5. The molecule has 0 spiro atoms. The van der Waals surface area contributed by atoms with Gasteiger partial charge in [0.25, 0.3) is 0 Å². The van der Waals surface area contributed by atoms with E-state index in [1.807, 2.05) is 17.8 Å². The molecule has 0 aliphatic carbocycles. The third-order valence-corrected chi connectivity index (χ3v) is 4.47. The number of ether oxygens (including phenoxy) is 1. The minimum Gasteiger partial charge on any atom is -0.496 e. The highest BCUT2D eigenvalue weighted by Gasteiger charge is 2.17. The first kappa shape index (κ1) is 15.9. The van der Waals surface area contributed by atoms with Crippen molar-refractivity contribution in [3.63, 3.8) is 0 Å². The summed E-state index contributed by atoms with van der Waals surface area (Å²) < 4.78 is 5.53. The van der Waals surface area contributed by atoms with Crippen molar-refractivity contribution in [3.05, 3.63) is 58.7 Å². The average molecular weight is 301 g/mol. The maximum absolute atomic E-state index is 6.48. The van der Waals surface area contributed by atoms with Crippen molar-refractivity contribution in [1.29, 1.82) is 0 Å². The van der Waals surface area contributed by atoms with Crippen LogP contribution in [0.2, 0.25) is 0 Å². The van der Waals surface area contributed by atoms with Gasteiger partial charge in [-0.2, -0.15) is 0 Å². The Bertz CT molecular complexity index is 607. The highest BCUT2D eigenvalue weighted by atomic mass is 32.2. The number of benzene rings is 2. The SMILES string of the molecule is CCSc1ccc(C(N)c2c(C)cc(C)cc2OC)cc1. The molecule has 0 amide bonds. The number of methoxy groups -OCH3 is 1. The van der Waals surface area contributed by atoms with E-state index in [0.29, 0.717) is 0 Å². The number of hydrogen-bond acceptors (Lipinski definition) is 3. The summed E-state index contributed by atoms with van der Waals surface area (Å²) in [5, 5.41) is 0. The van der Waals surface area contributed by atoms with Gasteiger partial charge in [-0.05, 0) is 54.5 Å². The summed E-state index contributed by atoms with van der Waals surface area (Å²) >= 11 is 1.84. The lowest BCUT2D eigenvalue weighted by Gasteiger charge is -2.19. The van der Waals surface area contributed by atoms with Crippen LogP contribution in [-0.2, 0) is 0 Å². The van der Waals surface area contributed by atoms with Crippen molar-refractivity contribution in [2.45, 2.75) is 31.7 Å². The molecule has 0 fully saturated rings. The van der Waals surface area contributed by atoms with E-state index in [2.05, 4.69) is 51.1 Å². The van der Waals surface area contributed by atoms with Crippen molar-refractivity contribution in [3.8, 4) is 5.75 Å². The number of nitrogens with two attached hydrogens (primary N) is 1. The third kappa shape index (κ3) is 3.60. The van der Waals surface area contributed by atoms with Gasteiger partial charge in [-0.25, -0.2) is 0 Å². The van der Waals surface area contributed by atoms with Gasteiger partial charge >= 0.3 is 0 Å². The van der Waals surface area contributed by atoms with Crippen LogP contribution in [0.1, 0.15) is 35.2 Å². The Hall–Kier alpha value is -1.45. The fourth-order valence-corrected chi connectivity index (χ4v) is 3.27. The second kappa shape index (κ2) is 7.01. The number of hydrogen-bond donors (Lipinski definition) is 1. The van der Waals surface area contributed by atoms with Crippen LogP contribution in [0, 0.1) is 13.8 Å². The highest BCUT2D eigenvalue weighted by molar-refractivity contribution is 7.99. The maximum atomic E-state index is 6.48. The standard InChI is InChI=1S/C18H23NOS/c1-5-21-15-8-6-14(7-9-15)18(19)17-13(3)10-12(2)11-16(17)20-4/h6-11,18H,5,19H2,1-4H3. The molecule has 1 unspecified atom stereocenters. The second-order valence-electron chi connectivity index (χ2n) is 5.18. The Kier molecular flexibility index (Phi) is 5.32. The van der Waals surface area contributed by atoms with Crippen molar-refractivity contribution in [2.75, 3.05) is 12.9 Å². The lowest BCUT2D eigenvalue weighted by atomic mass is 9.93. The summed E-state index contributed by atoms with van der Waals surface area (Å²) in [6.45, 7) is 6.32. The van der Waals surface area contributed by atoms with Crippen molar-refractivity contribution >= 4 is 11.8 Å². The molecule has 0 aromatic heterocycles. The highest BCUT2D eigenvalue weighted by Crippen LogP contribution is 2.33. The minimum atomic E-state index is -0.166. The first-order valence-corrected chi connectivity index (χ1v) is 8.18. The number of rotatable bonds is 5. The molecule has 0 heterocycles. The summed E-state index contributed by atoms with van der Waals surface area (Å²) in [5.41, 5.74) is 11.0. The molecule has 2 aromatic rings. The first-order valence-electron chi connectivity index (χ1n) is 7.20. The Balaban J connectivity index is 2.37. The van der Waals surface area contributed by atoms with Crippen LogP contribution in [0.4, 0.5) is 0 Å². The molecule has 0 aliphatic rings. The molecule has 0 bridgehead atoms. The summed E-state index contributed by atoms with van der Waals surface area (Å²) in [6.07, 6.45) is 0. The fourth-order valence-electron chi connectivity index (χ4n) is 2.61. The molecule has 0 aliphatic heterocycles. The largest absolute Gasteiger partial charge is 0.496 e. The van der Waals surface area contributed by atoms with Gasteiger partial charge in [0.15, 0.2) is 0 Å². The fraction of sp³-hybridized carbons (Fsp3) is 0.333. The molecule has 3 heteroatoms. The monoisotopic (exact) mass is 301 g/mol. The quantitative estimate of drug-likeness (QED) is 0.827. The Labute approximate surface area is 131 Å². The van der Waals surface area contributed by atoms with Gasteiger partial charge in [0, 0.05) is 10.5 Å². The van der Waals surface area contributed by atoms with E-state index in [1.54, 1.807) is 7.11 Å². The molecular weight excluding hydrogens is 278 g/mol. The summed E-state index contributed by atoms with van der Waals surface area (Å²) in [4.78, 5) is 1.28. The van der Waals surface area contributed by atoms with Crippen molar-refractivity contribution in [1.82, 2.24) is 0 Å². The topological polar surface area (TPSA) is 35.2 Å². The molecule has 2 rings (SSSR count). The van der Waals surface area contributed by atoms with Crippen molar-refractivity contribution < 1.29 is 4.74 Å². The van der Waals surface area contributed by atoms with Crippen LogP contribution in [0.25, 0.3) is 0 Å². The van der Waals surface area contributed by atoms with E-state index in [4.69, 9.17) is 10.5 Å². The molecule has 1 atom stereocenters. The zero-order chi connectivity index (χ0) is 15.4. The Morgan fingerprint density at radius 2 is 1.81 bits per heavy atom. The number of aryl methyl sites for hydroxylation is 2. The minimum absolute atomic E-state index is 0.166. The normalized spacial score (nSPS) is 12.2. The van der Waals surface area contributed by atoms with Gasteiger partial charge in [0.05, 0.1) is 13.2 Å². The van der Waals surface area contributed by atoms with E-state index in [-0.39, 0.29) is 6.04 Å².